The normalized spacial score (nSPS) is 12.6. The standard InChI is InChI=1S/C13H23N3/c1-6-9(4)12-15-11(7-2)10(5)13(16-12)14-8-3/h9H,6-8H2,1-5H3,(H,14,15,16). The molecule has 16 heavy (non-hydrogen) atoms. The monoisotopic (exact) mass is 221 g/mol. The fraction of sp³-hybridized carbons (Fsp3) is 0.692. The van der Waals surface area contributed by atoms with Crippen LogP contribution in [0.25, 0.3) is 0 Å². The van der Waals surface area contributed by atoms with Crippen molar-refractivity contribution in [3.05, 3.63) is 17.1 Å². The summed E-state index contributed by atoms with van der Waals surface area (Å²) in [6.07, 6.45) is 2.05. The zero-order valence-electron chi connectivity index (χ0n) is 11.1. The molecule has 1 aromatic rings. The molecule has 0 saturated heterocycles. The first-order chi connectivity index (χ1) is 7.63. The van der Waals surface area contributed by atoms with Crippen LogP contribution in [0.3, 0.4) is 0 Å². The maximum atomic E-state index is 4.65. The summed E-state index contributed by atoms with van der Waals surface area (Å²) in [5.41, 5.74) is 2.36. The molecule has 0 amide bonds. The van der Waals surface area contributed by atoms with Crippen LogP contribution in [0.4, 0.5) is 5.82 Å². The Labute approximate surface area is 98.7 Å². The third-order valence-corrected chi connectivity index (χ3v) is 3.00. The molecule has 1 aromatic heterocycles. The zero-order chi connectivity index (χ0) is 12.1. The fourth-order valence-electron chi connectivity index (χ4n) is 1.67. The number of nitrogens with one attached hydrogen (secondary N) is 1. The third-order valence-electron chi connectivity index (χ3n) is 3.00. The first-order valence-corrected chi connectivity index (χ1v) is 6.25. The van der Waals surface area contributed by atoms with Gasteiger partial charge in [-0.2, -0.15) is 0 Å². The van der Waals surface area contributed by atoms with E-state index in [1.54, 1.807) is 0 Å². The van der Waals surface area contributed by atoms with Gasteiger partial charge in [-0.15, -0.1) is 0 Å². The Morgan fingerprint density at radius 1 is 1.19 bits per heavy atom. The molecule has 0 radical (unpaired) electrons. The van der Waals surface area contributed by atoms with E-state index in [0.29, 0.717) is 5.92 Å². The van der Waals surface area contributed by atoms with E-state index in [9.17, 15) is 0 Å². The van der Waals surface area contributed by atoms with Gasteiger partial charge in [0.2, 0.25) is 0 Å². The van der Waals surface area contributed by atoms with Crippen LogP contribution in [0.1, 0.15) is 57.1 Å². The van der Waals surface area contributed by atoms with Crippen molar-refractivity contribution in [2.45, 2.75) is 53.4 Å². The highest BCUT2D eigenvalue weighted by atomic mass is 15.0. The largest absolute Gasteiger partial charge is 0.370 e. The molecule has 0 saturated carbocycles. The van der Waals surface area contributed by atoms with Crippen molar-refractivity contribution < 1.29 is 0 Å². The molecule has 0 aromatic carbocycles. The van der Waals surface area contributed by atoms with E-state index in [2.05, 4.69) is 49.9 Å². The van der Waals surface area contributed by atoms with Gasteiger partial charge in [0.05, 0.1) is 0 Å². The predicted molar refractivity (Wildman–Crippen MR) is 69.0 cm³/mol. The summed E-state index contributed by atoms with van der Waals surface area (Å²) in [5, 5.41) is 3.32. The van der Waals surface area contributed by atoms with Crippen molar-refractivity contribution in [3.63, 3.8) is 0 Å². The second kappa shape index (κ2) is 5.83. The minimum absolute atomic E-state index is 0.434. The summed E-state index contributed by atoms with van der Waals surface area (Å²) in [7, 11) is 0. The van der Waals surface area contributed by atoms with Crippen LogP contribution in [0, 0.1) is 6.92 Å². The Balaban J connectivity index is 3.17. The van der Waals surface area contributed by atoms with Gasteiger partial charge in [-0.05, 0) is 26.7 Å². The van der Waals surface area contributed by atoms with Crippen LogP contribution in [0.15, 0.2) is 0 Å². The minimum Gasteiger partial charge on any atom is -0.370 e. The van der Waals surface area contributed by atoms with Gasteiger partial charge < -0.3 is 5.32 Å². The molecular weight excluding hydrogens is 198 g/mol. The summed E-state index contributed by atoms with van der Waals surface area (Å²) in [5.74, 6) is 2.41. The van der Waals surface area contributed by atoms with Crippen LogP contribution in [-0.2, 0) is 6.42 Å². The average Bonchev–Trinajstić information content (AvgIpc) is 2.31. The second-order valence-electron chi connectivity index (χ2n) is 4.20. The number of nitrogens with zero attached hydrogens (tertiary/aromatic N) is 2. The first-order valence-electron chi connectivity index (χ1n) is 6.25. The lowest BCUT2D eigenvalue weighted by atomic mass is 10.1. The first kappa shape index (κ1) is 12.9. The average molecular weight is 221 g/mol. The van der Waals surface area contributed by atoms with Crippen molar-refractivity contribution >= 4 is 5.82 Å². The Hall–Kier alpha value is -1.12. The number of aromatic nitrogens is 2. The maximum absolute atomic E-state index is 4.65. The van der Waals surface area contributed by atoms with Gasteiger partial charge in [-0.25, -0.2) is 9.97 Å². The molecule has 0 aliphatic rings. The van der Waals surface area contributed by atoms with Crippen LogP contribution in [-0.4, -0.2) is 16.5 Å². The molecule has 3 nitrogen and oxygen atoms in total. The summed E-state index contributed by atoms with van der Waals surface area (Å²) in [4.78, 5) is 9.27. The molecular formula is C13H23N3. The Morgan fingerprint density at radius 2 is 1.88 bits per heavy atom. The third kappa shape index (κ3) is 2.71. The highest BCUT2D eigenvalue weighted by Crippen LogP contribution is 2.21. The van der Waals surface area contributed by atoms with Crippen LogP contribution >= 0.6 is 0 Å². The maximum Gasteiger partial charge on any atom is 0.133 e. The topological polar surface area (TPSA) is 37.8 Å². The summed E-state index contributed by atoms with van der Waals surface area (Å²) < 4.78 is 0. The number of aryl methyl sites for hydroxylation is 1. The van der Waals surface area contributed by atoms with Crippen molar-refractivity contribution in [2.24, 2.45) is 0 Å². The van der Waals surface area contributed by atoms with E-state index in [4.69, 9.17) is 0 Å². The highest BCUT2D eigenvalue weighted by Gasteiger charge is 2.12. The SMILES string of the molecule is CCNc1nc(C(C)CC)nc(CC)c1C. The lowest BCUT2D eigenvalue weighted by Crippen LogP contribution is -2.10. The highest BCUT2D eigenvalue weighted by molar-refractivity contribution is 5.46. The van der Waals surface area contributed by atoms with Crippen LogP contribution < -0.4 is 5.32 Å². The van der Waals surface area contributed by atoms with Gasteiger partial charge in [0.1, 0.15) is 11.6 Å². The van der Waals surface area contributed by atoms with Gasteiger partial charge >= 0.3 is 0 Å². The lowest BCUT2D eigenvalue weighted by Gasteiger charge is -2.15. The number of hydrogen-bond acceptors (Lipinski definition) is 3. The number of hydrogen-bond donors (Lipinski definition) is 1. The molecule has 1 rings (SSSR count). The molecule has 1 heterocycles. The van der Waals surface area contributed by atoms with Crippen molar-refractivity contribution in [1.29, 1.82) is 0 Å². The molecule has 0 aliphatic heterocycles. The molecule has 1 N–H and O–H groups in total. The Bertz CT molecular complexity index is 347. The minimum atomic E-state index is 0.434. The van der Waals surface area contributed by atoms with Crippen LogP contribution in [0.2, 0.25) is 0 Å². The molecule has 0 aliphatic carbocycles. The smallest absolute Gasteiger partial charge is 0.133 e. The summed E-state index contributed by atoms with van der Waals surface area (Å²) in [6.45, 7) is 11.6. The van der Waals surface area contributed by atoms with Gasteiger partial charge in [-0.3, -0.25) is 0 Å². The van der Waals surface area contributed by atoms with E-state index >= 15 is 0 Å². The molecule has 0 bridgehead atoms. The second-order valence-corrected chi connectivity index (χ2v) is 4.20. The van der Waals surface area contributed by atoms with Gasteiger partial charge in [-0.1, -0.05) is 20.8 Å². The summed E-state index contributed by atoms with van der Waals surface area (Å²) in [6, 6.07) is 0. The van der Waals surface area contributed by atoms with Crippen molar-refractivity contribution in [2.75, 3.05) is 11.9 Å². The number of anilines is 1. The molecule has 1 atom stereocenters. The van der Waals surface area contributed by atoms with Gasteiger partial charge in [0, 0.05) is 23.7 Å². The molecule has 90 valence electrons. The molecule has 1 unspecified atom stereocenters. The summed E-state index contributed by atoms with van der Waals surface area (Å²) >= 11 is 0. The number of rotatable bonds is 5. The lowest BCUT2D eigenvalue weighted by molar-refractivity contribution is 0.670. The van der Waals surface area contributed by atoms with E-state index < -0.39 is 0 Å². The van der Waals surface area contributed by atoms with E-state index in [-0.39, 0.29) is 0 Å². The molecule has 0 fully saturated rings. The Morgan fingerprint density at radius 3 is 2.38 bits per heavy atom. The van der Waals surface area contributed by atoms with Gasteiger partial charge in [0.25, 0.3) is 0 Å². The fourth-order valence-corrected chi connectivity index (χ4v) is 1.67. The Kier molecular flexibility index (Phi) is 4.71. The van der Waals surface area contributed by atoms with Crippen molar-refractivity contribution in [1.82, 2.24) is 9.97 Å². The van der Waals surface area contributed by atoms with E-state index in [1.807, 2.05) is 0 Å². The van der Waals surface area contributed by atoms with Crippen LogP contribution in [0.5, 0.6) is 0 Å². The van der Waals surface area contributed by atoms with E-state index in [1.165, 1.54) is 11.3 Å². The van der Waals surface area contributed by atoms with E-state index in [0.717, 1.165) is 31.0 Å². The van der Waals surface area contributed by atoms with Crippen molar-refractivity contribution in [3.8, 4) is 0 Å². The predicted octanol–water partition coefficient (Wildman–Crippen LogP) is 3.29. The van der Waals surface area contributed by atoms with Gasteiger partial charge in [0.15, 0.2) is 0 Å². The quantitative estimate of drug-likeness (QED) is 0.829. The zero-order valence-corrected chi connectivity index (χ0v) is 11.1. The molecule has 0 spiro atoms. The molecule has 3 heteroatoms.